The van der Waals surface area contributed by atoms with Crippen LogP contribution in [0.15, 0.2) is 17.8 Å². The van der Waals surface area contributed by atoms with E-state index in [1.807, 2.05) is 20.8 Å². The van der Waals surface area contributed by atoms with Crippen LogP contribution in [0.1, 0.15) is 99.2 Å². The first kappa shape index (κ1) is 41.7. The van der Waals surface area contributed by atoms with Crippen LogP contribution in [0.25, 0.3) is 0 Å². The zero-order valence-corrected chi connectivity index (χ0v) is 34.2. The number of piperidine rings is 3. The standard InChI is InChI=1S/C39H56N6O7S2/c1-22(2)31(44(6)38(49)29(27-19-53-20-27)15-33(47)32-13-26-8-10-45(32)11-9-26)16-34(52-25(5)46)37-43-30(21-54-37)36(48)42-28(12-24(4)39(50)51-7)14-35-40-17-23(3)18-41-35/h17-18,21-22,24,26-29,31-32,34H,8-16,19-20H2,1-7H3,(H,42,48)/t24-,28+,29-,31+,32+,34+/m0/s1. The van der Waals surface area contributed by atoms with Crippen LogP contribution in [-0.2, 0) is 35.1 Å². The summed E-state index contributed by atoms with van der Waals surface area (Å²) >= 11 is 3.01. The van der Waals surface area contributed by atoms with Crippen molar-refractivity contribution in [1.29, 1.82) is 0 Å². The molecule has 0 spiro atoms. The maximum atomic E-state index is 14.4. The second-order valence-electron chi connectivity index (χ2n) is 15.7. The zero-order valence-electron chi connectivity index (χ0n) is 32.6. The van der Waals surface area contributed by atoms with Crippen LogP contribution >= 0.6 is 23.1 Å². The van der Waals surface area contributed by atoms with Gasteiger partial charge in [-0.2, -0.15) is 11.8 Å². The Morgan fingerprint density at radius 3 is 2.30 bits per heavy atom. The zero-order chi connectivity index (χ0) is 39.1. The average molecular weight is 785 g/mol. The van der Waals surface area contributed by atoms with Crippen LogP contribution in [-0.4, -0.2) is 111 Å². The van der Waals surface area contributed by atoms with Crippen molar-refractivity contribution in [2.75, 3.05) is 38.8 Å². The fourth-order valence-electron chi connectivity index (χ4n) is 7.98. The van der Waals surface area contributed by atoms with Crippen LogP contribution in [0, 0.1) is 36.5 Å². The number of esters is 2. The highest BCUT2D eigenvalue weighted by atomic mass is 32.2. The molecule has 4 fully saturated rings. The molecule has 4 aliphatic heterocycles. The number of thioether (sulfide) groups is 1. The van der Waals surface area contributed by atoms with Crippen molar-refractivity contribution >= 4 is 52.6 Å². The third-order valence-corrected chi connectivity index (χ3v) is 13.5. The summed E-state index contributed by atoms with van der Waals surface area (Å²) in [5.74, 6) is 0.915. The number of hydrogen-bond donors (Lipinski definition) is 1. The molecule has 2 amide bonds. The lowest BCUT2D eigenvalue weighted by molar-refractivity contribution is -0.150. The van der Waals surface area contributed by atoms with E-state index in [1.165, 1.54) is 25.4 Å². The summed E-state index contributed by atoms with van der Waals surface area (Å²) in [6, 6.07) is -0.909. The van der Waals surface area contributed by atoms with E-state index in [1.54, 1.807) is 48.4 Å². The van der Waals surface area contributed by atoms with Crippen molar-refractivity contribution in [2.45, 2.75) is 104 Å². The molecule has 0 radical (unpaired) electrons. The van der Waals surface area contributed by atoms with E-state index in [9.17, 15) is 24.0 Å². The number of fused-ring (bicyclic) bond motifs is 3. The van der Waals surface area contributed by atoms with Gasteiger partial charge >= 0.3 is 11.9 Å². The topological polar surface area (TPSA) is 161 Å². The highest BCUT2D eigenvalue weighted by Gasteiger charge is 2.43. The van der Waals surface area contributed by atoms with E-state index >= 15 is 0 Å². The van der Waals surface area contributed by atoms with Gasteiger partial charge in [0.1, 0.15) is 16.5 Å². The number of aromatic nitrogens is 3. The number of amides is 2. The van der Waals surface area contributed by atoms with Crippen LogP contribution in [0.2, 0.25) is 0 Å². The number of carbonyl (C=O) groups excluding carboxylic acids is 5. The van der Waals surface area contributed by atoms with E-state index < -0.39 is 35.9 Å². The van der Waals surface area contributed by atoms with Gasteiger partial charge in [-0.25, -0.2) is 15.0 Å². The maximum Gasteiger partial charge on any atom is 0.308 e. The Bertz CT molecular complexity index is 1620. The van der Waals surface area contributed by atoms with Gasteiger partial charge in [0.25, 0.3) is 5.91 Å². The quantitative estimate of drug-likeness (QED) is 0.208. The lowest BCUT2D eigenvalue weighted by Gasteiger charge is -2.45. The normalized spacial score (nSPS) is 22.3. The SMILES string of the molecule is COC(=O)[C@@H](C)C[C@H](Cc1ncc(C)cn1)NC(=O)c1csc([C@@H](C[C@H](C(C)C)N(C)C(=O)[C@@H](CC(=O)[C@H]2CC3CCN2CC3)C2CSC2)OC(C)=O)n1. The van der Waals surface area contributed by atoms with Gasteiger partial charge in [-0.05, 0) is 80.5 Å². The first-order valence-corrected chi connectivity index (χ1v) is 21.2. The van der Waals surface area contributed by atoms with E-state index in [0.717, 1.165) is 49.4 Å². The Kier molecular flexibility index (Phi) is 14.6. The fraction of sp³-hybridized carbons (Fsp3) is 0.692. The summed E-state index contributed by atoms with van der Waals surface area (Å²) in [6.45, 7) is 10.9. The highest BCUT2D eigenvalue weighted by Crippen LogP contribution is 2.39. The van der Waals surface area contributed by atoms with Gasteiger partial charge in [-0.15, -0.1) is 11.3 Å². The van der Waals surface area contributed by atoms with E-state index in [0.29, 0.717) is 29.6 Å². The lowest BCUT2D eigenvalue weighted by Crippen LogP contribution is -2.54. The van der Waals surface area contributed by atoms with E-state index in [4.69, 9.17) is 9.47 Å². The predicted octanol–water partition coefficient (Wildman–Crippen LogP) is 4.68. The molecule has 6 heterocycles. The molecule has 4 aliphatic rings. The second-order valence-corrected chi connectivity index (χ2v) is 17.6. The largest absolute Gasteiger partial charge is 0.469 e. The summed E-state index contributed by atoms with van der Waals surface area (Å²) in [7, 11) is 3.12. The van der Waals surface area contributed by atoms with Crippen LogP contribution in [0.3, 0.4) is 0 Å². The van der Waals surface area contributed by atoms with Crippen LogP contribution in [0.5, 0.6) is 0 Å². The fourth-order valence-corrected chi connectivity index (χ4v) is 9.79. The van der Waals surface area contributed by atoms with Gasteiger partial charge in [0.2, 0.25) is 5.91 Å². The van der Waals surface area contributed by atoms with Crippen LogP contribution in [0.4, 0.5) is 0 Å². The summed E-state index contributed by atoms with van der Waals surface area (Å²) < 4.78 is 10.7. The molecule has 0 saturated carbocycles. The number of nitrogens with zero attached hydrogens (tertiary/aromatic N) is 5. The number of aryl methyl sites for hydroxylation is 1. The number of nitrogens with one attached hydrogen (secondary N) is 1. The molecule has 2 aromatic heterocycles. The number of ether oxygens (including phenoxy) is 2. The first-order valence-electron chi connectivity index (χ1n) is 19.1. The third kappa shape index (κ3) is 10.7. The molecule has 15 heteroatoms. The molecule has 13 nitrogen and oxygen atoms in total. The van der Waals surface area contributed by atoms with Crippen molar-refractivity contribution in [3.63, 3.8) is 0 Å². The molecule has 0 aromatic carbocycles. The molecule has 0 aliphatic carbocycles. The van der Waals surface area contributed by atoms with Crippen LogP contribution < -0.4 is 5.32 Å². The second kappa shape index (κ2) is 18.9. The lowest BCUT2D eigenvalue weighted by atomic mass is 9.78. The van der Waals surface area contributed by atoms with E-state index in [-0.39, 0.29) is 60.1 Å². The Labute approximate surface area is 327 Å². The van der Waals surface area contributed by atoms with Crippen molar-refractivity contribution in [3.05, 3.63) is 39.9 Å². The number of rotatable bonds is 18. The average Bonchev–Trinajstić information content (AvgIpc) is 3.63. The number of ketones is 1. The summed E-state index contributed by atoms with van der Waals surface area (Å²) in [5, 5.41) is 5.05. The molecule has 6 atom stereocenters. The Morgan fingerprint density at radius 2 is 1.74 bits per heavy atom. The minimum atomic E-state index is -0.808. The summed E-state index contributed by atoms with van der Waals surface area (Å²) in [4.78, 5) is 83.8. The van der Waals surface area contributed by atoms with Gasteiger partial charge in [0.15, 0.2) is 11.9 Å². The first-order chi connectivity index (χ1) is 25.7. The molecular weight excluding hydrogens is 729 g/mol. The molecule has 2 aromatic rings. The van der Waals surface area contributed by atoms with Crippen molar-refractivity contribution in [3.8, 4) is 0 Å². The molecule has 54 heavy (non-hydrogen) atoms. The number of Topliss-reactive ketones (excluding diaryl/α,β-unsaturated/α-hetero) is 1. The van der Waals surface area contributed by atoms with Crippen molar-refractivity contribution in [1.82, 2.24) is 30.1 Å². The third-order valence-electron chi connectivity index (χ3n) is 11.2. The highest BCUT2D eigenvalue weighted by molar-refractivity contribution is 8.00. The molecular formula is C39H56N6O7S2. The van der Waals surface area contributed by atoms with Crippen molar-refractivity contribution in [2.24, 2.45) is 29.6 Å². The number of hydrogen-bond acceptors (Lipinski definition) is 13. The molecule has 1 N–H and O–H groups in total. The maximum absolute atomic E-state index is 14.4. The number of thiazole rings is 1. The van der Waals surface area contributed by atoms with Gasteiger partial charge in [-0.3, -0.25) is 28.9 Å². The van der Waals surface area contributed by atoms with Gasteiger partial charge < -0.3 is 19.7 Å². The van der Waals surface area contributed by atoms with Gasteiger partial charge in [0.05, 0.1) is 19.1 Å². The molecule has 2 bridgehead atoms. The molecule has 296 valence electrons. The molecule has 0 unspecified atom stereocenters. The molecule has 6 rings (SSSR count). The Morgan fingerprint density at radius 1 is 1.06 bits per heavy atom. The van der Waals surface area contributed by atoms with Gasteiger partial charge in [0, 0.05) is 69.0 Å². The summed E-state index contributed by atoms with van der Waals surface area (Å²) in [6.07, 6.45) is 6.91. The molecule has 4 saturated heterocycles. The Hall–Kier alpha value is -3.43. The smallest absolute Gasteiger partial charge is 0.308 e. The van der Waals surface area contributed by atoms with E-state index in [2.05, 4.69) is 25.2 Å². The minimum absolute atomic E-state index is 0.00593. The number of methoxy groups -OCH3 is 1. The monoisotopic (exact) mass is 784 g/mol. The van der Waals surface area contributed by atoms with Gasteiger partial charge in [-0.1, -0.05) is 20.8 Å². The summed E-state index contributed by atoms with van der Waals surface area (Å²) in [5.41, 5.74) is 1.05. The Balaban J connectivity index is 1.29. The minimum Gasteiger partial charge on any atom is -0.469 e. The number of carbonyl (C=O) groups is 5. The van der Waals surface area contributed by atoms with Crippen molar-refractivity contribution < 1.29 is 33.4 Å². The predicted molar refractivity (Wildman–Crippen MR) is 207 cm³/mol.